The number of hydrogen-bond acceptors (Lipinski definition) is 5. The van der Waals surface area contributed by atoms with Crippen molar-refractivity contribution in [1.82, 2.24) is 15.0 Å². The van der Waals surface area contributed by atoms with Crippen LogP contribution in [0.2, 0.25) is 0 Å². The van der Waals surface area contributed by atoms with E-state index >= 15 is 0 Å². The molecule has 0 fully saturated rings. The van der Waals surface area contributed by atoms with Crippen molar-refractivity contribution in [2.24, 2.45) is 0 Å². The van der Waals surface area contributed by atoms with Crippen LogP contribution in [0, 0.1) is 0 Å². The van der Waals surface area contributed by atoms with E-state index < -0.39 is 0 Å². The van der Waals surface area contributed by atoms with Crippen LogP contribution in [0.1, 0.15) is 10.5 Å². The Balaban J connectivity index is 2.09. The number of methoxy groups -OCH3 is 1. The van der Waals surface area contributed by atoms with Gasteiger partial charge in [0.05, 0.1) is 31.4 Å². The maximum Gasteiger partial charge on any atom is 0.275 e. The zero-order valence-corrected chi connectivity index (χ0v) is 9.12. The molecule has 0 atom stereocenters. The number of aromatic nitrogens is 3. The lowest BCUT2D eigenvalue weighted by Crippen LogP contribution is -2.14. The molecule has 2 aromatic heterocycles. The molecule has 0 saturated carbocycles. The average Bonchev–Trinajstić information content (AvgIpc) is 2.40. The van der Waals surface area contributed by atoms with E-state index in [-0.39, 0.29) is 11.6 Å². The first-order chi connectivity index (χ1) is 8.29. The molecule has 17 heavy (non-hydrogen) atoms. The van der Waals surface area contributed by atoms with E-state index in [0.717, 1.165) is 0 Å². The van der Waals surface area contributed by atoms with E-state index in [2.05, 4.69) is 20.3 Å². The van der Waals surface area contributed by atoms with E-state index in [9.17, 15) is 4.79 Å². The molecule has 0 aliphatic rings. The molecule has 1 N–H and O–H groups in total. The van der Waals surface area contributed by atoms with E-state index in [1.807, 2.05) is 0 Å². The van der Waals surface area contributed by atoms with Gasteiger partial charge in [0.15, 0.2) is 0 Å². The largest absolute Gasteiger partial charge is 0.480 e. The SMILES string of the molecule is COc1cnc(C(=O)Nc2cccnc2)cn1. The highest BCUT2D eigenvalue weighted by atomic mass is 16.5. The summed E-state index contributed by atoms with van der Waals surface area (Å²) in [7, 11) is 1.49. The van der Waals surface area contributed by atoms with Crippen LogP contribution in [0.4, 0.5) is 5.69 Å². The smallest absolute Gasteiger partial charge is 0.275 e. The summed E-state index contributed by atoms with van der Waals surface area (Å²) in [4.78, 5) is 23.4. The van der Waals surface area contributed by atoms with Crippen molar-refractivity contribution >= 4 is 11.6 Å². The fourth-order valence-corrected chi connectivity index (χ4v) is 1.17. The first kappa shape index (κ1) is 11.0. The number of rotatable bonds is 3. The number of amides is 1. The highest BCUT2D eigenvalue weighted by Gasteiger charge is 2.08. The fourth-order valence-electron chi connectivity index (χ4n) is 1.17. The molecule has 0 aliphatic heterocycles. The molecule has 0 bridgehead atoms. The molecule has 0 aromatic carbocycles. The molecule has 6 nitrogen and oxygen atoms in total. The van der Waals surface area contributed by atoms with Gasteiger partial charge in [0, 0.05) is 6.20 Å². The summed E-state index contributed by atoms with van der Waals surface area (Å²) in [6.45, 7) is 0. The van der Waals surface area contributed by atoms with Gasteiger partial charge >= 0.3 is 0 Å². The Morgan fingerprint density at radius 2 is 2.18 bits per heavy atom. The summed E-state index contributed by atoms with van der Waals surface area (Å²) in [6, 6.07) is 3.47. The molecule has 0 aliphatic carbocycles. The second-order valence-corrected chi connectivity index (χ2v) is 3.14. The van der Waals surface area contributed by atoms with Crippen LogP contribution in [-0.4, -0.2) is 28.0 Å². The zero-order chi connectivity index (χ0) is 12.1. The Morgan fingerprint density at radius 3 is 2.76 bits per heavy atom. The number of nitrogens with one attached hydrogen (secondary N) is 1. The number of anilines is 1. The molecule has 6 heteroatoms. The van der Waals surface area contributed by atoms with Crippen molar-refractivity contribution in [2.45, 2.75) is 0 Å². The Kier molecular flexibility index (Phi) is 3.25. The van der Waals surface area contributed by atoms with Gasteiger partial charge in [0.25, 0.3) is 5.91 Å². The number of carbonyl (C=O) groups excluding carboxylic acids is 1. The number of ether oxygens (including phenoxy) is 1. The molecular formula is C11H10N4O2. The monoisotopic (exact) mass is 230 g/mol. The first-order valence-corrected chi connectivity index (χ1v) is 4.87. The Morgan fingerprint density at radius 1 is 1.29 bits per heavy atom. The van der Waals surface area contributed by atoms with Crippen LogP contribution >= 0.6 is 0 Å². The third kappa shape index (κ3) is 2.75. The van der Waals surface area contributed by atoms with E-state index in [0.29, 0.717) is 11.6 Å². The van der Waals surface area contributed by atoms with Gasteiger partial charge in [-0.25, -0.2) is 9.97 Å². The third-order valence-corrected chi connectivity index (χ3v) is 1.99. The zero-order valence-electron chi connectivity index (χ0n) is 9.12. The van der Waals surface area contributed by atoms with Gasteiger partial charge in [-0.1, -0.05) is 0 Å². The van der Waals surface area contributed by atoms with Crippen LogP contribution < -0.4 is 10.1 Å². The molecule has 0 radical (unpaired) electrons. The first-order valence-electron chi connectivity index (χ1n) is 4.87. The van der Waals surface area contributed by atoms with Gasteiger partial charge < -0.3 is 10.1 Å². The van der Waals surface area contributed by atoms with Crippen LogP contribution in [0.15, 0.2) is 36.9 Å². The summed E-state index contributed by atoms with van der Waals surface area (Å²) >= 11 is 0. The molecule has 0 saturated heterocycles. The lowest BCUT2D eigenvalue weighted by atomic mass is 10.3. The molecule has 1 amide bonds. The maximum absolute atomic E-state index is 11.7. The van der Waals surface area contributed by atoms with Crippen molar-refractivity contribution in [3.63, 3.8) is 0 Å². The second-order valence-electron chi connectivity index (χ2n) is 3.14. The molecule has 2 aromatic rings. The quantitative estimate of drug-likeness (QED) is 0.855. The predicted octanol–water partition coefficient (Wildman–Crippen LogP) is 1.13. The van der Waals surface area contributed by atoms with Gasteiger partial charge in [-0.15, -0.1) is 0 Å². The number of pyridine rings is 1. The Labute approximate surface area is 97.7 Å². The summed E-state index contributed by atoms with van der Waals surface area (Å²) in [5, 5.41) is 2.65. The second kappa shape index (κ2) is 5.02. The molecule has 2 rings (SSSR count). The van der Waals surface area contributed by atoms with Gasteiger partial charge in [-0.2, -0.15) is 0 Å². The highest BCUT2D eigenvalue weighted by Crippen LogP contribution is 2.07. The van der Waals surface area contributed by atoms with Crippen LogP contribution in [-0.2, 0) is 0 Å². The summed E-state index contributed by atoms with van der Waals surface area (Å²) in [6.07, 6.45) is 5.92. The van der Waals surface area contributed by atoms with Crippen molar-refractivity contribution in [2.75, 3.05) is 12.4 Å². The Bertz CT molecular complexity index is 499. The van der Waals surface area contributed by atoms with E-state index in [4.69, 9.17) is 4.74 Å². The lowest BCUT2D eigenvalue weighted by Gasteiger charge is -2.03. The fraction of sp³-hybridized carbons (Fsp3) is 0.0909. The van der Waals surface area contributed by atoms with Crippen LogP contribution in [0.3, 0.4) is 0 Å². The summed E-state index contributed by atoms with van der Waals surface area (Å²) in [5.74, 6) is 0.0241. The van der Waals surface area contributed by atoms with Gasteiger partial charge in [0.2, 0.25) is 5.88 Å². The minimum absolute atomic E-state index is 0.217. The van der Waals surface area contributed by atoms with Crippen LogP contribution in [0.25, 0.3) is 0 Å². The van der Waals surface area contributed by atoms with Crippen molar-refractivity contribution in [3.05, 3.63) is 42.6 Å². The van der Waals surface area contributed by atoms with Crippen molar-refractivity contribution < 1.29 is 9.53 Å². The topological polar surface area (TPSA) is 77.0 Å². The number of hydrogen-bond donors (Lipinski definition) is 1. The molecule has 86 valence electrons. The third-order valence-electron chi connectivity index (χ3n) is 1.99. The summed E-state index contributed by atoms with van der Waals surface area (Å²) < 4.78 is 4.85. The van der Waals surface area contributed by atoms with Crippen LogP contribution in [0.5, 0.6) is 5.88 Å². The van der Waals surface area contributed by atoms with E-state index in [1.165, 1.54) is 19.5 Å². The number of carbonyl (C=O) groups is 1. The minimum Gasteiger partial charge on any atom is -0.480 e. The average molecular weight is 230 g/mol. The van der Waals surface area contributed by atoms with Crippen molar-refractivity contribution in [1.29, 1.82) is 0 Å². The van der Waals surface area contributed by atoms with Gasteiger partial charge in [0.1, 0.15) is 5.69 Å². The molecule has 2 heterocycles. The molecule has 0 spiro atoms. The Hall–Kier alpha value is -2.50. The van der Waals surface area contributed by atoms with Gasteiger partial charge in [-0.05, 0) is 12.1 Å². The van der Waals surface area contributed by atoms with Gasteiger partial charge in [-0.3, -0.25) is 9.78 Å². The predicted molar refractivity (Wildman–Crippen MR) is 60.8 cm³/mol. The lowest BCUT2D eigenvalue weighted by molar-refractivity contribution is 0.102. The van der Waals surface area contributed by atoms with Crippen molar-refractivity contribution in [3.8, 4) is 5.88 Å². The summed E-state index contributed by atoms with van der Waals surface area (Å²) in [5.41, 5.74) is 0.824. The maximum atomic E-state index is 11.7. The number of nitrogens with zero attached hydrogens (tertiary/aromatic N) is 3. The standard InChI is InChI=1S/C11H10N4O2/c1-17-10-7-13-9(6-14-10)11(16)15-8-3-2-4-12-5-8/h2-7H,1H3,(H,15,16). The van der Waals surface area contributed by atoms with E-state index in [1.54, 1.807) is 24.5 Å². The molecular weight excluding hydrogens is 220 g/mol. The minimum atomic E-state index is -0.340. The normalized spacial score (nSPS) is 9.71. The molecule has 0 unspecified atom stereocenters. The highest BCUT2D eigenvalue weighted by molar-refractivity contribution is 6.02.